The first-order valence-electron chi connectivity index (χ1n) is 6.59. The summed E-state index contributed by atoms with van der Waals surface area (Å²) in [7, 11) is 0. The van der Waals surface area contributed by atoms with Crippen LogP contribution in [-0.4, -0.2) is 5.91 Å². The van der Waals surface area contributed by atoms with Crippen LogP contribution in [-0.2, 0) is 4.84 Å². The van der Waals surface area contributed by atoms with Crippen LogP contribution in [0.2, 0.25) is 0 Å². The van der Waals surface area contributed by atoms with Gasteiger partial charge in [-0.1, -0.05) is 29.9 Å². The molecule has 0 aliphatic carbocycles. The van der Waals surface area contributed by atoms with Crippen molar-refractivity contribution in [3.63, 3.8) is 0 Å². The highest BCUT2D eigenvalue weighted by atomic mass is 16.7. The van der Waals surface area contributed by atoms with Crippen molar-refractivity contribution >= 4 is 17.3 Å². The maximum absolute atomic E-state index is 12.4. The number of hydrogen-bond donors (Lipinski definition) is 2. The number of benzene rings is 2. The van der Waals surface area contributed by atoms with Crippen LogP contribution in [0.25, 0.3) is 0 Å². The number of nitrogens with zero attached hydrogens (tertiary/aromatic N) is 1. The van der Waals surface area contributed by atoms with Crippen molar-refractivity contribution in [2.75, 3.05) is 10.3 Å². The third-order valence-corrected chi connectivity index (χ3v) is 3.27. The third kappa shape index (κ3) is 2.73. The van der Waals surface area contributed by atoms with Crippen molar-refractivity contribution in [3.05, 3.63) is 72.1 Å². The van der Waals surface area contributed by atoms with Crippen molar-refractivity contribution in [3.8, 4) is 0 Å². The average Bonchev–Trinajstić information content (AvgIpc) is 3.02. The molecular formula is C16H15N3O2. The van der Waals surface area contributed by atoms with E-state index in [1.54, 1.807) is 17.3 Å². The molecule has 0 spiro atoms. The number of anilines is 2. The van der Waals surface area contributed by atoms with Gasteiger partial charge in [0.05, 0.1) is 11.9 Å². The van der Waals surface area contributed by atoms with Gasteiger partial charge in [0.1, 0.15) is 6.26 Å². The highest BCUT2D eigenvalue weighted by Gasteiger charge is 2.16. The molecule has 1 aliphatic heterocycles. The molecule has 0 saturated heterocycles. The number of carbonyl (C=O) groups is 1. The summed E-state index contributed by atoms with van der Waals surface area (Å²) < 4.78 is 0. The molecule has 2 aromatic rings. The summed E-state index contributed by atoms with van der Waals surface area (Å²) in [6.45, 7) is 1.91. The van der Waals surface area contributed by atoms with Crippen LogP contribution in [0, 0.1) is 6.92 Å². The first-order valence-corrected chi connectivity index (χ1v) is 6.59. The Kier molecular flexibility index (Phi) is 3.57. The SMILES string of the molecule is Cc1c(C(=O)Nc2ccccc2)cccc1N1C=CON1. The van der Waals surface area contributed by atoms with Crippen LogP contribution in [0.3, 0.4) is 0 Å². The van der Waals surface area contributed by atoms with Crippen LogP contribution in [0.4, 0.5) is 11.4 Å². The predicted octanol–water partition coefficient (Wildman–Crippen LogP) is 2.97. The zero-order chi connectivity index (χ0) is 14.7. The Morgan fingerprint density at radius 1 is 1.14 bits per heavy atom. The van der Waals surface area contributed by atoms with Crippen LogP contribution in [0.15, 0.2) is 61.0 Å². The molecule has 21 heavy (non-hydrogen) atoms. The smallest absolute Gasteiger partial charge is 0.256 e. The third-order valence-electron chi connectivity index (χ3n) is 3.27. The second-order valence-electron chi connectivity index (χ2n) is 4.63. The van der Waals surface area contributed by atoms with E-state index in [1.165, 1.54) is 6.26 Å². The van der Waals surface area contributed by atoms with Gasteiger partial charge in [0.15, 0.2) is 0 Å². The van der Waals surface area contributed by atoms with Gasteiger partial charge in [0, 0.05) is 11.3 Å². The first-order chi connectivity index (χ1) is 10.3. The Morgan fingerprint density at radius 3 is 2.67 bits per heavy atom. The lowest BCUT2D eigenvalue weighted by molar-refractivity contribution is 0.102. The zero-order valence-corrected chi connectivity index (χ0v) is 11.5. The van der Waals surface area contributed by atoms with E-state index in [9.17, 15) is 4.79 Å². The Balaban J connectivity index is 1.86. The lowest BCUT2D eigenvalue weighted by Crippen LogP contribution is -2.28. The number of rotatable bonds is 3. The number of carbonyl (C=O) groups excluding carboxylic acids is 1. The molecule has 2 aromatic carbocycles. The normalized spacial score (nSPS) is 13.1. The minimum atomic E-state index is -0.135. The van der Waals surface area contributed by atoms with Crippen LogP contribution in [0.5, 0.6) is 0 Å². The summed E-state index contributed by atoms with van der Waals surface area (Å²) in [6.07, 6.45) is 3.29. The first kappa shape index (κ1) is 13.2. The molecule has 0 aromatic heterocycles. The van der Waals surface area contributed by atoms with Gasteiger partial charge in [-0.15, -0.1) is 0 Å². The monoisotopic (exact) mass is 281 g/mol. The summed E-state index contributed by atoms with van der Waals surface area (Å²) in [5, 5.41) is 4.61. The lowest BCUT2D eigenvalue weighted by atomic mass is 10.1. The summed E-state index contributed by atoms with van der Waals surface area (Å²) >= 11 is 0. The van der Waals surface area contributed by atoms with Gasteiger partial charge < -0.3 is 10.2 Å². The Labute approximate surface area is 122 Å². The van der Waals surface area contributed by atoms with Gasteiger partial charge >= 0.3 is 0 Å². The van der Waals surface area contributed by atoms with Gasteiger partial charge in [-0.2, -0.15) is 0 Å². The number of hydrazine groups is 1. The summed E-state index contributed by atoms with van der Waals surface area (Å²) in [5.74, 6) is -0.135. The topological polar surface area (TPSA) is 53.6 Å². The van der Waals surface area contributed by atoms with Crippen molar-refractivity contribution < 1.29 is 9.63 Å². The molecule has 5 nitrogen and oxygen atoms in total. The number of hydrogen-bond acceptors (Lipinski definition) is 4. The molecule has 0 fully saturated rings. The molecule has 1 heterocycles. The molecule has 106 valence electrons. The predicted molar refractivity (Wildman–Crippen MR) is 81.4 cm³/mol. The van der Waals surface area contributed by atoms with E-state index >= 15 is 0 Å². The van der Waals surface area contributed by atoms with E-state index in [0.717, 1.165) is 16.9 Å². The quantitative estimate of drug-likeness (QED) is 0.908. The summed E-state index contributed by atoms with van der Waals surface area (Å²) in [4.78, 5) is 17.4. The Bertz CT molecular complexity index is 683. The maximum atomic E-state index is 12.4. The molecule has 5 heteroatoms. The molecule has 0 saturated carbocycles. The number of para-hydroxylation sites is 1. The van der Waals surface area contributed by atoms with E-state index in [4.69, 9.17) is 4.84 Å². The Morgan fingerprint density at radius 2 is 1.95 bits per heavy atom. The molecule has 0 bridgehead atoms. The minimum absolute atomic E-state index is 0.135. The fourth-order valence-electron chi connectivity index (χ4n) is 2.19. The minimum Gasteiger partial charge on any atom is -0.395 e. The fourth-order valence-corrected chi connectivity index (χ4v) is 2.19. The van der Waals surface area contributed by atoms with Crippen LogP contribution < -0.4 is 15.9 Å². The van der Waals surface area contributed by atoms with Gasteiger partial charge in [-0.3, -0.25) is 4.79 Å². The largest absolute Gasteiger partial charge is 0.395 e. The molecule has 1 aliphatic rings. The van der Waals surface area contributed by atoms with Gasteiger partial charge in [-0.05, 0) is 36.8 Å². The lowest BCUT2D eigenvalue weighted by Gasteiger charge is -2.18. The van der Waals surface area contributed by atoms with Gasteiger partial charge in [-0.25, -0.2) is 5.01 Å². The van der Waals surface area contributed by atoms with Gasteiger partial charge in [0.2, 0.25) is 0 Å². The van der Waals surface area contributed by atoms with Gasteiger partial charge in [0.25, 0.3) is 5.91 Å². The zero-order valence-electron chi connectivity index (χ0n) is 11.5. The molecule has 0 unspecified atom stereocenters. The number of amides is 1. The van der Waals surface area contributed by atoms with Crippen molar-refractivity contribution in [1.82, 2.24) is 5.59 Å². The van der Waals surface area contributed by atoms with E-state index in [1.807, 2.05) is 49.4 Å². The van der Waals surface area contributed by atoms with Crippen molar-refractivity contribution in [2.45, 2.75) is 6.92 Å². The summed E-state index contributed by atoms with van der Waals surface area (Å²) in [5.41, 5.74) is 5.85. The molecule has 0 atom stereocenters. The molecule has 3 rings (SSSR count). The Hall–Kier alpha value is -2.79. The number of nitrogens with one attached hydrogen (secondary N) is 2. The van der Waals surface area contributed by atoms with E-state index in [-0.39, 0.29) is 5.91 Å². The van der Waals surface area contributed by atoms with Crippen LogP contribution in [0.1, 0.15) is 15.9 Å². The average molecular weight is 281 g/mol. The standard InChI is InChI=1S/C16H15N3O2/c1-12-14(16(20)17-13-6-3-2-4-7-13)8-5-9-15(12)19-10-11-21-18-19/h2-11,18H,1H3,(H,17,20). The molecule has 1 amide bonds. The van der Waals surface area contributed by atoms with E-state index in [0.29, 0.717) is 5.56 Å². The summed E-state index contributed by atoms with van der Waals surface area (Å²) in [6, 6.07) is 15.0. The second-order valence-corrected chi connectivity index (χ2v) is 4.63. The second kappa shape index (κ2) is 5.68. The fraction of sp³-hybridized carbons (Fsp3) is 0.0625. The van der Waals surface area contributed by atoms with E-state index in [2.05, 4.69) is 10.9 Å². The molecule has 2 N–H and O–H groups in total. The van der Waals surface area contributed by atoms with E-state index < -0.39 is 0 Å². The molecular weight excluding hydrogens is 266 g/mol. The van der Waals surface area contributed by atoms with Crippen molar-refractivity contribution in [1.29, 1.82) is 0 Å². The maximum Gasteiger partial charge on any atom is 0.256 e. The highest BCUT2D eigenvalue weighted by Crippen LogP contribution is 2.24. The van der Waals surface area contributed by atoms with Crippen molar-refractivity contribution in [2.24, 2.45) is 0 Å². The van der Waals surface area contributed by atoms with Crippen LogP contribution >= 0.6 is 0 Å². The highest BCUT2D eigenvalue weighted by molar-refractivity contribution is 6.06. The molecule has 0 radical (unpaired) electrons.